The molecule has 2 aromatic rings. The molecular formula is C17H22N2O2. The van der Waals surface area contributed by atoms with Gasteiger partial charge in [0, 0.05) is 23.5 Å². The van der Waals surface area contributed by atoms with Gasteiger partial charge in [-0.15, -0.1) is 0 Å². The van der Waals surface area contributed by atoms with Crippen molar-refractivity contribution in [3.8, 4) is 0 Å². The lowest BCUT2D eigenvalue weighted by Crippen LogP contribution is -2.48. The third-order valence-electron chi connectivity index (χ3n) is 3.84. The van der Waals surface area contributed by atoms with E-state index < -0.39 is 0 Å². The van der Waals surface area contributed by atoms with Gasteiger partial charge in [0.2, 0.25) is 0 Å². The molecular weight excluding hydrogens is 264 g/mol. The molecule has 2 heterocycles. The Bertz CT molecular complexity index is 582. The van der Waals surface area contributed by atoms with Gasteiger partial charge in [-0.25, -0.2) is 0 Å². The largest absolute Gasteiger partial charge is 0.376 e. The van der Waals surface area contributed by atoms with Gasteiger partial charge in [-0.3, -0.25) is 4.98 Å². The van der Waals surface area contributed by atoms with Crippen LogP contribution >= 0.6 is 0 Å². The Morgan fingerprint density at radius 3 is 2.95 bits per heavy atom. The molecule has 1 fully saturated rings. The number of hydrogen-bond acceptors (Lipinski definition) is 4. The van der Waals surface area contributed by atoms with Crippen molar-refractivity contribution >= 4 is 10.9 Å². The average molecular weight is 286 g/mol. The summed E-state index contributed by atoms with van der Waals surface area (Å²) in [5.41, 5.74) is 2.14. The van der Waals surface area contributed by atoms with Crippen molar-refractivity contribution in [1.29, 1.82) is 0 Å². The number of pyridine rings is 1. The van der Waals surface area contributed by atoms with E-state index in [0.29, 0.717) is 19.8 Å². The summed E-state index contributed by atoms with van der Waals surface area (Å²) >= 11 is 0. The van der Waals surface area contributed by atoms with Gasteiger partial charge in [0.1, 0.15) is 0 Å². The Kier molecular flexibility index (Phi) is 4.80. The first kappa shape index (κ1) is 14.4. The molecule has 1 aromatic heterocycles. The number of nitrogens with zero attached hydrogens (tertiary/aromatic N) is 1. The molecule has 112 valence electrons. The summed E-state index contributed by atoms with van der Waals surface area (Å²) in [4.78, 5) is 4.76. The van der Waals surface area contributed by atoms with Crippen LogP contribution in [0.4, 0.5) is 0 Å². The molecule has 1 N–H and O–H groups in total. The molecule has 1 aliphatic heterocycles. The number of hydrogen-bond donors (Lipinski definition) is 1. The highest BCUT2D eigenvalue weighted by atomic mass is 16.6. The Labute approximate surface area is 125 Å². The molecule has 4 nitrogen and oxygen atoms in total. The van der Waals surface area contributed by atoms with E-state index in [-0.39, 0.29) is 12.1 Å². The predicted octanol–water partition coefficient (Wildman–Crippen LogP) is 2.17. The Morgan fingerprint density at radius 2 is 2.14 bits per heavy atom. The second kappa shape index (κ2) is 6.98. The number of para-hydroxylation sites is 1. The number of rotatable bonds is 5. The lowest BCUT2D eigenvalue weighted by Gasteiger charge is -2.30. The van der Waals surface area contributed by atoms with Crippen molar-refractivity contribution in [2.45, 2.75) is 25.5 Å². The van der Waals surface area contributed by atoms with E-state index in [0.717, 1.165) is 24.2 Å². The third-order valence-corrected chi connectivity index (χ3v) is 3.84. The number of benzene rings is 1. The monoisotopic (exact) mass is 286 g/mol. The zero-order valence-electron chi connectivity index (χ0n) is 12.4. The maximum Gasteiger partial charge on any atom is 0.0965 e. The lowest BCUT2D eigenvalue weighted by molar-refractivity contribution is -0.101. The number of fused-ring (bicyclic) bond motifs is 1. The van der Waals surface area contributed by atoms with Crippen LogP contribution in [0.3, 0.4) is 0 Å². The molecule has 0 bridgehead atoms. The predicted molar refractivity (Wildman–Crippen MR) is 83.5 cm³/mol. The highest BCUT2D eigenvalue weighted by Gasteiger charge is 2.25. The summed E-state index contributed by atoms with van der Waals surface area (Å²) in [7, 11) is 0. The molecule has 0 spiro atoms. The smallest absolute Gasteiger partial charge is 0.0965 e. The molecule has 1 aliphatic rings. The lowest BCUT2D eigenvalue weighted by atomic mass is 10.0. The van der Waals surface area contributed by atoms with E-state index in [1.165, 1.54) is 5.39 Å². The van der Waals surface area contributed by atoms with Gasteiger partial charge in [0.05, 0.1) is 31.4 Å². The molecule has 2 atom stereocenters. The van der Waals surface area contributed by atoms with E-state index in [9.17, 15) is 0 Å². The Balaban J connectivity index is 1.76. The molecule has 0 amide bonds. The fourth-order valence-electron chi connectivity index (χ4n) is 2.78. The van der Waals surface area contributed by atoms with E-state index in [1.54, 1.807) is 0 Å². The molecule has 0 saturated carbocycles. The number of aromatic nitrogens is 1. The van der Waals surface area contributed by atoms with Crippen LogP contribution in [-0.2, 0) is 15.9 Å². The van der Waals surface area contributed by atoms with Crippen LogP contribution in [0.1, 0.15) is 12.6 Å². The van der Waals surface area contributed by atoms with Crippen LogP contribution in [0.25, 0.3) is 10.9 Å². The first-order valence-electron chi connectivity index (χ1n) is 7.64. The van der Waals surface area contributed by atoms with Crippen molar-refractivity contribution in [3.63, 3.8) is 0 Å². The van der Waals surface area contributed by atoms with Crippen LogP contribution in [0.5, 0.6) is 0 Å². The minimum atomic E-state index is 0.104. The van der Waals surface area contributed by atoms with Crippen molar-refractivity contribution in [2.75, 3.05) is 26.4 Å². The second-order valence-electron chi connectivity index (χ2n) is 5.35. The summed E-state index contributed by atoms with van der Waals surface area (Å²) in [6.07, 6.45) is 0.958. The van der Waals surface area contributed by atoms with Crippen LogP contribution in [0.15, 0.2) is 36.4 Å². The molecule has 4 heteroatoms. The zero-order chi connectivity index (χ0) is 14.5. The van der Waals surface area contributed by atoms with Crippen molar-refractivity contribution in [3.05, 3.63) is 42.1 Å². The highest BCUT2D eigenvalue weighted by Crippen LogP contribution is 2.15. The summed E-state index contributed by atoms with van der Waals surface area (Å²) in [6.45, 7) is 5.06. The van der Waals surface area contributed by atoms with Gasteiger partial charge in [-0.1, -0.05) is 31.2 Å². The summed E-state index contributed by atoms with van der Waals surface area (Å²) in [5.74, 6) is 0. The van der Waals surface area contributed by atoms with Crippen molar-refractivity contribution in [2.24, 2.45) is 0 Å². The van der Waals surface area contributed by atoms with Crippen molar-refractivity contribution < 1.29 is 9.47 Å². The molecule has 2 unspecified atom stereocenters. The van der Waals surface area contributed by atoms with Gasteiger partial charge in [0.15, 0.2) is 0 Å². The van der Waals surface area contributed by atoms with Crippen LogP contribution in [0, 0.1) is 0 Å². The van der Waals surface area contributed by atoms with Gasteiger partial charge in [-0.2, -0.15) is 0 Å². The standard InChI is InChI=1S/C17H22N2O2/c1-2-18-16(17-12-20-9-10-21-17)11-14-8-7-13-5-3-4-6-15(13)19-14/h3-8,16-18H,2,9-12H2,1H3. The zero-order valence-corrected chi connectivity index (χ0v) is 12.4. The van der Waals surface area contributed by atoms with Gasteiger partial charge >= 0.3 is 0 Å². The number of likely N-dealkylation sites (N-methyl/N-ethyl adjacent to an activating group) is 1. The Morgan fingerprint density at radius 1 is 1.24 bits per heavy atom. The SMILES string of the molecule is CCNC(Cc1ccc2ccccc2n1)C1COCCO1. The number of ether oxygens (including phenoxy) is 2. The summed E-state index contributed by atoms with van der Waals surface area (Å²) < 4.78 is 11.4. The molecule has 3 rings (SSSR count). The minimum Gasteiger partial charge on any atom is -0.376 e. The second-order valence-corrected chi connectivity index (χ2v) is 5.35. The maximum atomic E-state index is 5.84. The Hall–Kier alpha value is -1.49. The van der Waals surface area contributed by atoms with E-state index in [4.69, 9.17) is 14.5 Å². The van der Waals surface area contributed by atoms with Gasteiger partial charge < -0.3 is 14.8 Å². The number of nitrogens with one attached hydrogen (secondary N) is 1. The molecule has 1 aromatic carbocycles. The minimum absolute atomic E-state index is 0.104. The average Bonchev–Trinajstić information content (AvgIpc) is 2.55. The topological polar surface area (TPSA) is 43.4 Å². The maximum absolute atomic E-state index is 5.84. The first-order valence-corrected chi connectivity index (χ1v) is 7.64. The quantitative estimate of drug-likeness (QED) is 0.915. The summed E-state index contributed by atoms with van der Waals surface area (Å²) in [5, 5.41) is 4.68. The van der Waals surface area contributed by atoms with Crippen LogP contribution in [-0.4, -0.2) is 43.5 Å². The van der Waals surface area contributed by atoms with E-state index in [1.807, 2.05) is 12.1 Å². The molecule has 0 radical (unpaired) electrons. The van der Waals surface area contributed by atoms with E-state index in [2.05, 4.69) is 36.5 Å². The molecule has 1 saturated heterocycles. The third kappa shape index (κ3) is 3.59. The first-order chi connectivity index (χ1) is 10.4. The normalized spacial score (nSPS) is 20.5. The fourth-order valence-corrected chi connectivity index (χ4v) is 2.78. The highest BCUT2D eigenvalue weighted by molar-refractivity contribution is 5.78. The molecule has 0 aliphatic carbocycles. The van der Waals surface area contributed by atoms with Crippen LogP contribution < -0.4 is 5.32 Å². The van der Waals surface area contributed by atoms with E-state index >= 15 is 0 Å². The fraction of sp³-hybridized carbons (Fsp3) is 0.471. The van der Waals surface area contributed by atoms with Gasteiger partial charge in [0.25, 0.3) is 0 Å². The molecule has 21 heavy (non-hydrogen) atoms. The van der Waals surface area contributed by atoms with Gasteiger partial charge in [-0.05, 0) is 18.7 Å². The summed E-state index contributed by atoms with van der Waals surface area (Å²) in [6, 6.07) is 12.7. The van der Waals surface area contributed by atoms with Crippen LogP contribution in [0.2, 0.25) is 0 Å². The van der Waals surface area contributed by atoms with Crippen molar-refractivity contribution in [1.82, 2.24) is 10.3 Å².